The molecule has 0 saturated heterocycles. The molecule has 2 rings (SSSR count). The summed E-state index contributed by atoms with van der Waals surface area (Å²) in [5.74, 6) is -1.49. The van der Waals surface area contributed by atoms with Crippen molar-refractivity contribution in [2.24, 2.45) is 0 Å². The first-order valence-electron chi connectivity index (χ1n) is 7.29. The summed E-state index contributed by atoms with van der Waals surface area (Å²) in [6.07, 6.45) is 3.41. The summed E-state index contributed by atoms with van der Waals surface area (Å²) >= 11 is 0. The number of aromatic nitrogens is 1. The number of ether oxygens (including phenoxy) is 1. The molecule has 0 spiro atoms. The SMILES string of the molecule is C=CCOCC(NC(=O)Cc1c[nH]c2c(C)cccc12)C(=O)O. The Hall–Kier alpha value is -2.60. The first kappa shape index (κ1) is 16.8. The number of H-pyrrole nitrogens is 1. The lowest BCUT2D eigenvalue weighted by atomic mass is 10.1. The number of aromatic amines is 1. The second-order valence-electron chi connectivity index (χ2n) is 5.27. The fraction of sp³-hybridized carbons (Fsp3) is 0.294. The molecule has 1 amide bonds. The van der Waals surface area contributed by atoms with Crippen molar-refractivity contribution in [1.82, 2.24) is 10.3 Å². The molecule has 0 bridgehead atoms. The van der Waals surface area contributed by atoms with Crippen molar-refractivity contribution in [3.8, 4) is 0 Å². The van der Waals surface area contributed by atoms with E-state index >= 15 is 0 Å². The van der Waals surface area contributed by atoms with E-state index in [1.165, 1.54) is 6.08 Å². The first-order chi connectivity index (χ1) is 11.0. The highest BCUT2D eigenvalue weighted by Gasteiger charge is 2.20. The quantitative estimate of drug-likeness (QED) is 0.511. The van der Waals surface area contributed by atoms with Crippen molar-refractivity contribution in [1.29, 1.82) is 0 Å². The molecule has 0 fully saturated rings. The number of para-hydroxylation sites is 1. The van der Waals surface area contributed by atoms with E-state index in [2.05, 4.69) is 16.9 Å². The fourth-order valence-electron chi connectivity index (χ4n) is 2.37. The number of benzene rings is 1. The van der Waals surface area contributed by atoms with Crippen LogP contribution >= 0.6 is 0 Å². The summed E-state index contributed by atoms with van der Waals surface area (Å²) in [4.78, 5) is 26.4. The Balaban J connectivity index is 2.03. The Morgan fingerprint density at radius 3 is 2.96 bits per heavy atom. The van der Waals surface area contributed by atoms with Gasteiger partial charge in [0.15, 0.2) is 6.04 Å². The molecule has 1 heterocycles. The molecule has 2 aromatic rings. The van der Waals surface area contributed by atoms with E-state index in [9.17, 15) is 9.59 Å². The lowest BCUT2D eigenvalue weighted by Crippen LogP contribution is -2.44. The van der Waals surface area contributed by atoms with Crippen LogP contribution in [-0.2, 0) is 20.7 Å². The molecular formula is C17H20N2O4. The maximum absolute atomic E-state index is 12.1. The highest BCUT2D eigenvalue weighted by molar-refractivity contribution is 5.91. The van der Waals surface area contributed by atoms with Crippen LogP contribution in [0.4, 0.5) is 0 Å². The minimum Gasteiger partial charge on any atom is -0.480 e. The maximum Gasteiger partial charge on any atom is 0.328 e. The fourth-order valence-corrected chi connectivity index (χ4v) is 2.37. The van der Waals surface area contributed by atoms with Gasteiger partial charge in [0, 0.05) is 17.1 Å². The Morgan fingerprint density at radius 1 is 1.48 bits per heavy atom. The Bertz CT molecular complexity index is 720. The number of hydrogen-bond donors (Lipinski definition) is 3. The Kier molecular flexibility index (Phi) is 5.54. The number of aliphatic carboxylic acids is 1. The van der Waals surface area contributed by atoms with Crippen LogP contribution in [-0.4, -0.2) is 41.2 Å². The van der Waals surface area contributed by atoms with E-state index < -0.39 is 12.0 Å². The van der Waals surface area contributed by atoms with Gasteiger partial charge in [0.1, 0.15) is 0 Å². The molecule has 3 N–H and O–H groups in total. The number of carboxylic acids is 1. The number of hydrogen-bond acceptors (Lipinski definition) is 3. The van der Waals surface area contributed by atoms with Gasteiger partial charge in [0.25, 0.3) is 0 Å². The molecule has 0 radical (unpaired) electrons. The average Bonchev–Trinajstić information content (AvgIpc) is 2.91. The minimum atomic E-state index is -1.13. The van der Waals surface area contributed by atoms with Crippen molar-refractivity contribution in [2.45, 2.75) is 19.4 Å². The summed E-state index contributed by atoms with van der Waals surface area (Å²) in [5.41, 5.74) is 2.91. The van der Waals surface area contributed by atoms with Gasteiger partial charge in [-0.05, 0) is 18.1 Å². The molecule has 6 heteroatoms. The van der Waals surface area contributed by atoms with E-state index in [1.807, 2.05) is 25.1 Å². The van der Waals surface area contributed by atoms with Crippen LogP contribution in [0.3, 0.4) is 0 Å². The van der Waals surface area contributed by atoms with Gasteiger partial charge in [-0.15, -0.1) is 6.58 Å². The van der Waals surface area contributed by atoms with Crippen molar-refractivity contribution in [3.63, 3.8) is 0 Å². The van der Waals surface area contributed by atoms with Gasteiger partial charge < -0.3 is 20.1 Å². The molecule has 0 aliphatic heterocycles. The smallest absolute Gasteiger partial charge is 0.328 e. The number of amides is 1. The number of fused-ring (bicyclic) bond motifs is 1. The third kappa shape index (κ3) is 4.20. The van der Waals surface area contributed by atoms with Crippen LogP contribution < -0.4 is 5.32 Å². The van der Waals surface area contributed by atoms with E-state index in [0.717, 1.165) is 22.0 Å². The normalized spacial score (nSPS) is 12.0. The molecule has 1 aromatic carbocycles. The van der Waals surface area contributed by atoms with Crippen LogP contribution in [0.15, 0.2) is 37.1 Å². The standard InChI is InChI=1S/C17H20N2O4/c1-3-7-23-10-14(17(21)22)19-15(20)8-12-9-18-16-11(2)5-4-6-13(12)16/h3-6,9,14,18H,1,7-8,10H2,2H3,(H,19,20)(H,21,22). The topological polar surface area (TPSA) is 91.4 Å². The molecule has 0 aliphatic rings. The maximum atomic E-state index is 12.1. The second-order valence-corrected chi connectivity index (χ2v) is 5.27. The number of carbonyl (C=O) groups excluding carboxylic acids is 1. The van der Waals surface area contributed by atoms with E-state index in [1.54, 1.807) is 6.20 Å². The molecule has 0 saturated carbocycles. The second kappa shape index (κ2) is 7.60. The summed E-state index contributed by atoms with van der Waals surface area (Å²) in [6, 6.07) is 4.77. The monoisotopic (exact) mass is 316 g/mol. The summed E-state index contributed by atoms with van der Waals surface area (Å²) in [7, 11) is 0. The lowest BCUT2D eigenvalue weighted by molar-refractivity contribution is -0.143. The molecule has 0 aliphatic carbocycles. The van der Waals surface area contributed by atoms with Gasteiger partial charge in [-0.1, -0.05) is 24.3 Å². The van der Waals surface area contributed by atoms with Crippen LogP contribution in [0.5, 0.6) is 0 Å². The molecule has 23 heavy (non-hydrogen) atoms. The zero-order chi connectivity index (χ0) is 16.8. The number of carbonyl (C=O) groups is 2. The molecular weight excluding hydrogens is 296 g/mol. The minimum absolute atomic E-state index is 0.0971. The van der Waals surface area contributed by atoms with Crippen LogP contribution in [0.1, 0.15) is 11.1 Å². The van der Waals surface area contributed by atoms with E-state index in [4.69, 9.17) is 9.84 Å². The average molecular weight is 316 g/mol. The Labute approximate surface area is 134 Å². The third-order valence-electron chi connectivity index (χ3n) is 3.51. The van der Waals surface area contributed by atoms with Gasteiger partial charge in [0.05, 0.1) is 19.6 Å². The highest BCUT2D eigenvalue weighted by atomic mass is 16.5. The number of aryl methyl sites for hydroxylation is 1. The van der Waals surface area contributed by atoms with Crippen LogP contribution in [0.25, 0.3) is 10.9 Å². The number of rotatable bonds is 8. The van der Waals surface area contributed by atoms with Gasteiger partial charge in [-0.25, -0.2) is 4.79 Å². The van der Waals surface area contributed by atoms with E-state index in [-0.39, 0.29) is 25.5 Å². The van der Waals surface area contributed by atoms with E-state index in [0.29, 0.717) is 0 Å². The molecule has 1 unspecified atom stereocenters. The van der Waals surface area contributed by atoms with Crippen molar-refractivity contribution < 1.29 is 19.4 Å². The van der Waals surface area contributed by atoms with Crippen LogP contribution in [0.2, 0.25) is 0 Å². The predicted molar refractivity (Wildman–Crippen MR) is 87.3 cm³/mol. The summed E-state index contributed by atoms with van der Waals surface area (Å²) in [5, 5.41) is 12.6. The zero-order valence-electron chi connectivity index (χ0n) is 13.0. The van der Waals surface area contributed by atoms with Gasteiger partial charge in [-0.3, -0.25) is 4.79 Å². The number of carboxylic acid groups (broad SMARTS) is 1. The van der Waals surface area contributed by atoms with Crippen molar-refractivity contribution in [2.75, 3.05) is 13.2 Å². The molecule has 6 nitrogen and oxygen atoms in total. The third-order valence-corrected chi connectivity index (χ3v) is 3.51. The lowest BCUT2D eigenvalue weighted by Gasteiger charge is -2.14. The molecule has 1 atom stereocenters. The molecule has 122 valence electrons. The largest absolute Gasteiger partial charge is 0.480 e. The van der Waals surface area contributed by atoms with Gasteiger partial charge in [-0.2, -0.15) is 0 Å². The first-order valence-corrected chi connectivity index (χ1v) is 7.29. The van der Waals surface area contributed by atoms with Crippen LogP contribution in [0, 0.1) is 6.92 Å². The predicted octanol–water partition coefficient (Wildman–Crippen LogP) is 1.79. The zero-order valence-corrected chi connectivity index (χ0v) is 13.0. The van der Waals surface area contributed by atoms with Gasteiger partial charge in [0.2, 0.25) is 5.91 Å². The molecule has 1 aromatic heterocycles. The van der Waals surface area contributed by atoms with Gasteiger partial charge >= 0.3 is 5.97 Å². The number of nitrogens with one attached hydrogen (secondary N) is 2. The highest BCUT2D eigenvalue weighted by Crippen LogP contribution is 2.21. The summed E-state index contributed by atoms with van der Waals surface area (Å²) < 4.78 is 5.11. The Morgan fingerprint density at radius 2 is 2.26 bits per heavy atom. The van der Waals surface area contributed by atoms with Crippen molar-refractivity contribution >= 4 is 22.8 Å². The van der Waals surface area contributed by atoms with Crippen molar-refractivity contribution in [3.05, 3.63) is 48.2 Å². The summed E-state index contributed by atoms with van der Waals surface area (Å²) in [6.45, 7) is 5.61.